The molecule has 0 saturated heterocycles. The summed E-state index contributed by atoms with van der Waals surface area (Å²) in [6.07, 6.45) is -3.25. The molecule has 0 amide bonds. The van der Waals surface area contributed by atoms with Gasteiger partial charge < -0.3 is 10.1 Å². The van der Waals surface area contributed by atoms with Crippen molar-refractivity contribution in [3.05, 3.63) is 28.6 Å². The quantitative estimate of drug-likeness (QED) is 0.543. The van der Waals surface area contributed by atoms with E-state index in [9.17, 15) is 28.1 Å². The molecule has 100 valence electrons. The number of carbonyl (C=O) groups is 1. The molecule has 13 heteroatoms. The summed E-state index contributed by atoms with van der Waals surface area (Å²) in [5, 5.41) is 16.6. The zero-order chi connectivity index (χ0) is 14.2. The van der Waals surface area contributed by atoms with E-state index in [4.69, 9.17) is 0 Å². The van der Waals surface area contributed by atoms with E-state index in [0.717, 1.165) is 12.7 Å². The molecule has 0 atom stereocenters. The summed E-state index contributed by atoms with van der Waals surface area (Å²) >= 11 is 0. The predicted octanol–water partition coefficient (Wildman–Crippen LogP) is 0.313. The van der Waals surface area contributed by atoms with E-state index >= 15 is 0 Å². The molecule has 10 nitrogen and oxygen atoms in total. The van der Waals surface area contributed by atoms with Crippen LogP contribution in [0, 0.1) is 10.1 Å². The normalized spacial score (nSPS) is 11.5. The van der Waals surface area contributed by atoms with Crippen molar-refractivity contribution in [2.45, 2.75) is 6.18 Å². The zero-order valence-electron chi connectivity index (χ0n) is 8.64. The molecule has 0 unspecified atom stereocenters. The molecule has 0 aromatic carbocycles. The highest BCUT2D eigenvalue weighted by molar-refractivity contribution is 5.78. The maximum absolute atomic E-state index is 12.3. The summed E-state index contributed by atoms with van der Waals surface area (Å²) in [5.41, 5.74) is 0. The third-order valence-corrected chi connectivity index (χ3v) is 1.80. The van der Waals surface area contributed by atoms with Gasteiger partial charge in [0.2, 0.25) is 0 Å². The Kier molecular flexibility index (Phi) is 2.72. The molecule has 2 rings (SSSR count). The lowest BCUT2D eigenvalue weighted by Crippen LogP contribution is -2.23. The average Bonchev–Trinajstić information content (AvgIpc) is 2.96. The first-order chi connectivity index (χ1) is 8.80. The number of hydrogen-bond donors (Lipinski definition) is 0. The monoisotopic (exact) mass is 277 g/mol. The van der Waals surface area contributed by atoms with E-state index in [0.29, 0.717) is 4.68 Å². The summed E-state index contributed by atoms with van der Waals surface area (Å²) < 4.78 is 37.4. The van der Waals surface area contributed by atoms with Gasteiger partial charge in [-0.3, -0.25) is 0 Å². The Morgan fingerprint density at radius 1 is 1.42 bits per heavy atom. The van der Waals surface area contributed by atoms with Gasteiger partial charge in [-0.2, -0.15) is 17.9 Å². The highest BCUT2D eigenvalue weighted by atomic mass is 19.4. The Morgan fingerprint density at radius 2 is 2.11 bits per heavy atom. The molecular formula is C6H2F3N7O3. The standard InChI is InChI=1S/C6H2F3N7O3/c7-6(8,9)3-12-4(16(18)19)15(13-3)5(17)14-2-10-1-11-14/h1-2H. The molecule has 2 aromatic heterocycles. The van der Waals surface area contributed by atoms with Gasteiger partial charge in [-0.15, -0.1) is 5.10 Å². The van der Waals surface area contributed by atoms with Crippen LogP contribution in [0.2, 0.25) is 0 Å². The van der Waals surface area contributed by atoms with Crippen LogP contribution in [0.1, 0.15) is 5.82 Å². The third-order valence-electron chi connectivity index (χ3n) is 1.80. The van der Waals surface area contributed by atoms with Crippen LogP contribution in [0.5, 0.6) is 0 Å². The van der Waals surface area contributed by atoms with Crippen LogP contribution in [0.25, 0.3) is 0 Å². The highest BCUT2D eigenvalue weighted by Gasteiger charge is 2.44. The van der Waals surface area contributed by atoms with Crippen molar-refractivity contribution < 1.29 is 22.9 Å². The van der Waals surface area contributed by atoms with Crippen LogP contribution in [-0.4, -0.2) is 40.5 Å². The van der Waals surface area contributed by atoms with Crippen LogP contribution in [-0.2, 0) is 6.18 Å². The number of hydrogen-bond acceptors (Lipinski definition) is 7. The summed E-state index contributed by atoms with van der Waals surface area (Å²) in [6.45, 7) is 0. The molecule has 0 spiro atoms. The molecule has 0 aliphatic rings. The van der Waals surface area contributed by atoms with Gasteiger partial charge in [-0.25, -0.2) is 9.78 Å². The number of alkyl halides is 3. The maximum atomic E-state index is 12.3. The van der Waals surface area contributed by atoms with Crippen LogP contribution in [0.3, 0.4) is 0 Å². The fourth-order valence-electron chi connectivity index (χ4n) is 1.07. The van der Waals surface area contributed by atoms with Crippen molar-refractivity contribution in [3.63, 3.8) is 0 Å². The van der Waals surface area contributed by atoms with Gasteiger partial charge in [0.15, 0.2) is 0 Å². The third kappa shape index (κ3) is 2.24. The lowest BCUT2D eigenvalue weighted by molar-refractivity contribution is -0.396. The Balaban J connectivity index is 2.53. The van der Waals surface area contributed by atoms with Crippen LogP contribution >= 0.6 is 0 Å². The molecule has 0 saturated carbocycles. The van der Waals surface area contributed by atoms with Gasteiger partial charge in [-0.1, -0.05) is 5.10 Å². The van der Waals surface area contributed by atoms with E-state index in [1.807, 2.05) is 0 Å². The fraction of sp³-hybridized carbons (Fsp3) is 0.167. The predicted molar refractivity (Wildman–Crippen MR) is 47.9 cm³/mol. The first-order valence-electron chi connectivity index (χ1n) is 4.38. The minimum Gasteiger partial charge on any atom is -0.390 e. The van der Waals surface area contributed by atoms with Gasteiger partial charge >= 0.3 is 24.0 Å². The number of aromatic nitrogens is 6. The number of nitro groups is 1. The first-order valence-corrected chi connectivity index (χ1v) is 4.38. The second-order valence-electron chi connectivity index (χ2n) is 3.02. The van der Waals surface area contributed by atoms with Crippen molar-refractivity contribution in [3.8, 4) is 0 Å². The lowest BCUT2D eigenvalue weighted by atomic mass is 10.6. The number of nitrogens with zero attached hydrogens (tertiary/aromatic N) is 7. The molecule has 19 heavy (non-hydrogen) atoms. The Bertz CT molecular complexity index is 631. The first kappa shape index (κ1) is 12.6. The van der Waals surface area contributed by atoms with Crippen LogP contribution < -0.4 is 0 Å². The van der Waals surface area contributed by atoms with Crippen molar-refractivity contribution in [1.82, 2.24) is 29.5 Å². The van der Waals surface area contributed by atoms with E-state index in [-0.39, 0.29) is 4.68 Å². The molecule has 0 bridgehead atoms. The lowest BCUT2D eigenvalue weighted by Gasteiger charge is -1.96. The number of halogens is 3. The van der Waals surface area contributed by atoms with Gasteiger partial charge in [0.25, 0.3) is 0 Å². The Morgan fingerprint density at radius 3 is 2.58 bits per heavy atom. The van der Waals surface area contributed by atoms with Crippen LogP contribution in [0.4, 0.5) is 23.9 Å². The van der Waals surface area contributed by atoms with Crippen molar-refractivity contribution in [2.24, 2.45) is 0 Å². The Labute approximate surface area is 100 Å². The van der Waals surface area contributed by atoms with Crippen LogP contribution in [0.15, 0.2) is 12.7 Å². The number of carbonyl (C=O) groups excluding carboxylic acids is 1. The van der Waals surface area contributed by atoms with Gasteiger partial charge in [0.1, 0.15) is 12.7 Å². The number of rotatable bonds is 1. The van der Waals surface area contributed by atoms with E-state index in [1.165, 1.54) is 0 Å². The van der Waals surface area contributed by atoms with E-state index in [2.05, 4.69) is 20.2 Å². The van der Waals surface area contributed by atoms with Crippen molar-refractivity contribution >= 4 is 12.0 Å². The summed E-state index contributed by atoms with van der Waals surface area (Å²) in [4.78, 5) is 26.9. The van der Waals surface area contributed by atoms with Gasteiger partial charge in [0.05, 0.1) is 0 Å². The molecule has 0 N–H and O–H groups in total. The second-order valence-corrected chi connectivity index (χ2v) is 3.02. The minimum absolute atomic E-state index is 0.114. The molecule has 2 heterocycles. The molecule has 2 aromatic rings. The Hall–Kier alpha value is -2.86. The average molecular weight is 277 g/mol. The fourth-order valence-corrected chi connectivity index (χ4v) is 1.07. The van der Waals surface area contributed by atoms with Crippen molar-refractivity contribution in [2.75, 3.05) is 0 Å². The van der Waals surface area contributed by atoms with Crippen molar-refractivity contribution in [1.29, 1.82) is 0 Å². The topological polar surface area (TPSA) is 122 Å². The smallest absolute Gasteiger partial charge is 0.390 e. The molecule has 0 aliphatic heterocycles. The minimum atomic E-state index is -5.02. The molecule has 0 fully saturated rings. The van der Waals surface area contributed by atoms with Gasteiger partial charge in [-0.05, 0) is 14.6 Å². The van der Waals surface area contributed by atoms with E-state index < -0.39 is 28.9 Å². The largest absolute Gasteiger partial charge is 0.471 e. The summed E-state index contributed by atoms with van der Waals surface area (Å²) in [6, 6.07) is -1.31. The van der Waals surface area contributed by atoms with E-state index in [1.54, 1.807) is 0 Å². The SMILES string of the molecule is O=C(n1cncn1)n1nc(C(F)(F)F)nc1[N+](=O)[O-]. The summed E-state index contributed by atoms with van der Waals surface area (Å²) in [5.74, 6) is -3.17. The molecule has 0 radical (unpaired) electrons. The maximum Gasteiger partial charge on any atom is 0.471 e. The molecule has 0 aliphatic carbocycles. The molecular weight excluding hydrogens is 275 g/mol. The highest BCUT2D eigenvalue weighted by Crippen LogP contribution is 2.27. The summed E-state index contributed by atoms with van der Waals surface area (Å²) in [7, 11) is 0. The van der Waals surface area contributed by atoms with Gasteiger partial charge in [0, 0.05) is 0 Å². The second kappa shape index (κ2) is 4.11. The zero-order valence-corrected chi connectivity index (χ0v) is 8.64.